The zero-order valence-corrected chi connectivity index (χ0v) is 17.7. The number of nitrogens with zero attached hydrogens (tertiary/aromatic N) is 1. The van der Waals surface area contributed by atoms with Crippen molar-refractivity contribution in [2.45, 2.75) is 19.4 Å². The Morgan fingerprint density at radius 3 is 2.48 bits per heavy atom. The summed E-state index contributed by atoms with van der Waals surface area (Å²) in [6.45, 7) is 4.45. The predicted molar refractivity (Wildman–Crippen MR) is 117 cm³/mol. The highest BCUT2D eigenvalue weighted by Crippen LogP contribution is 2.25. The van der Waals surface area contributed by atoms with Crippen molar-refractivity contribution >= 4 is 29.2 Å². The molecule has 1 fully saturated rings. The fourth-order valence-corrected chi connectivity index (χ4v) is 3.37. The van der Waals surface area contributed by atoms with Crippen LogP contribution in [0.4, 0.5) is 11.4 Å². The minimum absolute atomic E-state index is 0.0599. The Balaban J connectivity index is 1.65. The molecule has 1 unspecified atom stereocenters. The predicted octanol–water partition coefficient (Wildman–Crippen LogP) is 2.46. The molecule has 8 heteroatoms. The molecule has 0 radical (unpaired) electrons. The van der Waals surface area contributed by atoms with Crippen LogP contribution in [0, 0.1) is 0 Å². The molecule has 1 heterocycles. The van der Waals surface area contributed by atoms with Crippen LogP contribution in [-0.2, 0) is 14.3 Å². The quantitative estimate of drug-likeness (QED) is 0.662. The SMILES string of the molecule is COC(=O)c1cc(N2CCOCC2)ccc1NC(=O)CC(C)NC(=O)c1ccccc1. The van der Waals surface area contributed by atoms with E-state index in [1.165, 1.54) is 7.11 Å². The summed E-state index contributed by atoms with van der Waals surface area (Å²) >= 11 is 0. The lowest BCUT2D eigenvalue weighted by molar-refractivity contribution is -0.116. The van der Waals surface area contributed by atoms with Crippen molar-refractivity contribution in [2.75, 3.05) is 43.6 Å². The molecule has 1 aliphatic rings. The monoisotopic (exact) mass is 425 g/mol. The number of hydrogen-bond acceptors (Lipinski definition) is 6. The van der Waals surface area contributed by atoms with Crippen molar-refractivity contribution < 1.29 is 23.9 Å². The molecule has 2 aromatic rings. The van der Waals surface area contributed by atoms with Crippen molar-refractivity contribution in [3.05, 3.63) is 59.7 Å². The molecule has 164 valence electrons. The zero-order valence-electron chi connectivity index (χ0n) is 17.7. The van der Waals surface area contributed by atoms with Gasteiger partial charge < -0.3 is 25.0 Å². The second kappa shape index (κ2) is 10.6. The summed E-state index contributed by atoms with van der Waals surface area (Å²) < 4.78 is 10.3. The van der Waals surface area contributed by atoms with Gasteiger partial charge in [0.25, 0.3) is 5.91 Å². The van der Waals surface area contributed by atoms with Crippen LogP contribution in [0.5, 0.6) is 0 Å². The fraction of sp³-hybridized carbons (Fsp3) is 0.348. The number of anilines is 2. The van der Waals surface area contributed by atoms with Crippen LogP contribution >= 0.6 is 0 Å². The molecule has 1 aliphatic heterocycles. The third-order valence-corrected chi connectivity index (χ3v) is 4.96. The summed E-state index contributed by atoms with van der Waals surface area (Å²) in [7, 11) is 1.30. The third-order valence-electron chi connectivity index (χ3n) is 4.96. The van der Waals surface area contributed by atoms with Crippen LogP contribution in [0.2, 0.25) is 0 Å². The highest BCUT2D eigenvalue weighted by molar-refractivity contribution is 6.02. The van der Waals surface area contributed by atoms with Gasteiger partial charge in [0, 0.05) is 36.8 Å². The number of ether oxygens (including phenoxy) is 2. The van der Waals surface area contributed by atoms with E-state index in [1.807, 2.05) is 12.1 Å². The Hall–Kier alpha value is -3.39. The molecule has 8 nitrogen and oxygen atoms in total. The molecule has 1 atom stereocenters. The molecular weight excluding hydrogens is 398 g/mol. The number of esters is 1. The maximum absolute atomic E-state index is 12.5. The molecule has 3 rings (SSSR count). The van der Waals surface area contributed by atoms with Gasteiger partial charge in [0.05, 0.1) is 31.6 Å². The van der Waals surface area contributed by atoms with Gasteiger partial charge in [-0.05, 0) is 37.3 Å². The van der Waals surface area contributed by atoms with E-state index in [0.717, 1.165) is 18.8 Å². The van der Waals surface area contributed by atoms with Gasteiger partial charge >= 0.3 is 5.97 Å². The number of carbonyl (C=O) groups excluding carboxylic acids is 3. The van der Waals surface area contributed by atoms with Crippen molar-refractivity contribution in [1.82, 2.24) is 5.32 Å². The fourth-order valence-electron chi connectivity index (χ4n) is 3.37. The average Bonchev–Trinajstić information content (AvgIpc) is 2.79. The summed E-state index contributed by atoms with van der Waals surface area (Å²) in [5, 5.41) is 5.57. The van der Waals surface area contributed by atoms with Gasteiger partial charge in [0.1, 0.15) is 0 Å². The van der Waals surface area contributed by atoms with E-state index in [1.54, 1.807) is 43.3 Å². The van der Waals surface area contributed by atoms with E-state index in [4.69, 9.17) is 9.47 Å². The Morgan fingerprint density at radius 2 is 1.81 bits per heavy atom. The number of hydrogen-bond donors (Lipinski definition) is 2. The van der Waals surface area contributed by atoms with Gasteiger partial charge in [0.2, 0.25) is 5.91 Å². The van der Waals surface area contributed by atoms with Gasteiger partial charge in [-0.15, -0.1) is 0 Å². The molecular formula is C23H27N3O5. The van der Waals surface area contributed by atoms with E-state index in [-0.39, 0.29) is 29.8 Å². The van der Waals surface area contributed by atoms with Gasteiger partial charge in [-0.25, -0.2) is 4.79 Å². The first-order valence-corrected chi connectivity index (χ1v) is 10.2. The van der Waals surface area contributed by atoms with Crippen LogP contribution < -0.4 is 15.5 Å². The van der Waals surface area contributed by atoms with Crippen LogP contribution in [0.15, 0.2) is 48.5 Å². The Kier molecular flexibility index (Phi) is 7.61. The number of nitrogens with one attached hydrogen (secondary N) is 2. The van der Waals surface area contributed by atoms with Crippen molar-refractivity contribution in [2.24, 2.45) is 0 Å². The van der Waals surface area contributed by atoms with E-state index in [9.17, 15) is 14.4 Å². The number of amides is 2. The smallest absolute Gasteiger partial charge is 0.340 e. The lowest BCUT2D eigenvalue weighted by atomic mass is 10.1. The van der Waals surface area contributed by atoms with Crippen LogP contribution in [0.3, 0.4) is 0 Å². The maximum Gasteiger partial charge on any atom is 0.340 e. The lowest BCUT2D eigenvalue weighted by Crippen LogP contribution is -2.36. The molecule has 0 aromatic heterocycles. The molecule has 0 saturated carbocycles. The molecule has 2 amide bonds. The molecule has 31 heavy (non-hydrogen) atoms. The van der Waals surface area contributed by atoms with E-state index in [2.05, 4.69) is 15.5 Å². The number of methoxy groups -OCH3 is 1. The Labute approximate surface area is 181 Å². The normalized spacial score (nSPS) is 14.5. The second-order valence-electron chi connectivity index (χ2n) is 7.31. The standard InChI is InChI=1S/C23H27N3O5/c1-16(24-22(28)17-6-4-3-5-7-17)14-21(27)25-20-9-8-18(15-19(20)23(29)30-2)26-10-12-31-13-11-26/h3-9,15-16H,10-14H2,1-2H3,(H,24,28)(H,25,27). The topological polar surface area (TPSA) is 97.0 Å². The maximum atomic E-state index is 12.5. The lowest BCUT2D eigenvalue weighted by Gasteiger charge is -2.29. The first-order valence-electron chi connectivity index (χ1n) is 10.2. The molecule has 2 N–H and O–H groups in total. The highest BCUT2D eigenvalue weighted by atomic mass is 16.5. The van der Waals surface area contributed by atoms with Gasteiger partial charge in [0.15, 0.2) is 0 Å². The largest absolute Gasteiger partial charge is 0.465 e. The Bertz CT molecular complexity index is 926. The zero-order chi connectivity index (χ0) is 22.2. The molecule has 2 aromatic carbocycles. The molecule has 1 saturated heterocycles. The highest BCUT2D eigenvalue weighted by Gasteiger charge is 2.20. The summed E-state index contributed by atoms with van der Waals surface area (Å²) in [6, 6.07) is 13.7. The molecule has 0 spiro atoms. The molecule has 0 aliphatic carbocycles. The van der Waals surface area contributed by atoms with Crippen LogP contribution in [0.25, 0.3) is 0 Å². The minimum Gasteiger partial charge on any atom is -0.465 e. The van der Waals surface area contributed by atoms with E-state index >= 15 is 0 Å². The van der Waals surface area contributed by atoms with Crippen molar-refractivity contribution in [3.63, 3.8) is 0 Å². The van der Waals surface area contributed by atoms with Crippen LogP contribution in [-0.4, -0.2) is 57.2 Å². The van der Waals surface area contributed by atoms with E-state index in [0.29, 0.717) is 24.5 Å². The average molecular weight is 425 g/mol. The number of morpholine rings is 1. The number of rotatable bonds is 7. The summed E-state index contributed by atoms with van der Waals surface area (Å²) in [5.41, 5.74) is 2.04. The number of carbonyl (C=O) groups is 3. The van der Waals surface area contributed by atoms with Crippen molar-refractivity contribution in [1.29, 1.82) is 0 Å². The second-order valence-corrected chi connectivity index (χ2v) is 7.31. The van der Waals surface area contributed by atoms with Gasteiger partial charge in [-0.1, -0.05) is 18.2 Å². The van der Waals surface area contributed by atoms with Gasteiger partial charge in [-0.2, -0.15) is 0 Å². The third kappa shape index (κ3) is 6.05. The first-order chi connectivity index (χ1) is 15.0. The van der Waals surface area contributed by atoms with E-state index < -0.39 is 5.97 Å². The molecule has 0 bridgehead atoms. The summed E-state index contributed by atoms with van der Waals surface area (Å²) in [4.78, 5) is 39.2. The Morgan fingerprint density at radius 1 is 1.10 bits per heavy atom. The number of benzene rings is 2. The minimum atomic E-state index is -0.532. The van der Waals surface area contributed by atoms with Crippen LogP contribution in [0.1, 0.15) is 34.1 Å². The summed E-state index contributed by atoms with van der Waals surface area (Å²) in [5.74, 6) is -1.09. The first kappa shape index (κ1) is 22.3. The summed E-state index contributed by atoms with van der Waals surface area (Å²) in [6.07, 6.45) is 0.0599. The van der Waals surface area contributed by atoms with Crippen molar-refractivity contribution in [3.8, 4) is 0 Å². The van der Waals surface area contributed by atoms with Gasteiger partial charge in [-0.3, -0.25) is 9.59 Å².